The lowest BCUT2D eigenvalue weighted by Crippen LogP contribution is -2.11. The molecular weight excluding hydrogens is 295 g/mol. The third kappa shape index (κ3) is 3.13. The van der Waals surface area contributed by atoms with E-state index in [1.54, 1.807) is 6.08 Å². The lowest BCUT2D eigenvalue weighted by molar-refractivity contribution is -0.115. The number of carbonyl (C=O) groups excluding carboxylic acids is 1. The van der Waals surface area contributed by atoms with E-state index < -0.39 is 5.26 Å². The van der Waals surface area contributed by atoms with E-state index in [9.17, 15) is 9.18 Å². The SMILES string of the molecule is O=C1C=C(Sc2nnc(F)s2)CC(c2ccccc2)C1. The Morgan fingerprint density at radius 1 is 1.20 bits per heavy atom. The lowest BCUT2D eigenvalue weighted by Gasteiger charge is -2.21. The van der Waals surface area contributed by atoms with Crippen LogP contribution < -0.4 is 0 Å². The lowest BCUT2D eigenvalue weighted by atomic mass is 9.87. The minimum atomic E-state index is -0.546. The minimum absolute atomic E-state index is 0.109. The zero-order valence-electron chi connectivity index (χ0n) is 10.5. The van der Waals surface area contributed by atoms with Crippen LogP contribution in [0.25, 0.3) is 0 Å². The molecule has 1 atom stereocenters. The van der Waals surface area contributed by atoms with Crippen LogP contribution in [-0.4, -0.2) is 16.0 Å². The summed E-state index contributed by atoms with van der Waals surface area (Å²) >= 11 is 2.23. The van der Waals surface area contributed by atoms with Crippen LogP contribution in [0.1, 0.15) is 24.3 Å². The number of thioether (sulfide) groups is 1. The van der Waals surface area contributed by atoms with E-state index in [1.807, 2.05) is 30.3 Å². The summed E-state index contributed by atoms with van der Waals surface area (Å²) in [5, 5.41) is 6.54. The molecule has 1 aromatic carbocycles. The first-order valence-corrected chi connectivity index (χ1v) is 7.79. The standard InChI is InChI=1S/C14H11FN2OS2/c15-13-16-17-14(20-13)19-12-7-10(6-11(18)8-12)9-4-2-1-3-5-9/h1-5,8,10H,6-7H2. The maximum atomic E-state index is 12.8. The van der Waals surface area contributed by atoms with Crippen molar-refractivity contribution in [2.24, 2.45) is 0 Å². The van der Waals surface area contributed by atoms with E-state index in [4.69, 9.17) is 0 Å². The molecule has 0 saturated heterocycles. The van der Waals surface area contributed by atoms with Crippen LogP contribution in [0, 0.1) is 5.26 Å². The molecule has 1 unspecified atom stereocenters. The normalized spacial score (nSPS) is 18.9. The Hall–Kier alpha value is -1.53. The fourth-order valence-electron chi connectivity index (χ4n) is 2.23. The first-order chi connectivity index (χ1) is 9.70. The Labute approximate surface area is 123 Å². The van der Waals surface area contributed by atoms with Gasteiger partial charge in [-0.25, -0.2) is 0 Å². The third-order valence-corrected chi connectivity index (χ3v) is 4.90. The number of ketones is 1. The number of benzene rings is 1. The molecule has 20 heavy (non-hydrogen) atoms. The highest BCUT2D eigenvalue weighted by atomic mass is 32.2. The number of hydrogen-bond acceptors (Lipinski definition) is 5. The topological polar surface area (TPSA) is 42.9 Å². The van der Waals surface area contributed by atoms with Gasteiger partial charge in [0, 0.05) is 6.42 Å². The third-order valence-electron chi connectivity index (χ3n) is 3.09. The maximum Gasteiger partial charge on any atom is 0.290 e. The summed E-state index contributed by atoms with van der Waals surface area (Å²) in [7, 11) is 0. The smallest absolute Gasteiger partial charge is 0.290 e. The molecule has 1 aliphatic rings. The second-order valence-corrected chi connectivity index (χ2v) is 6.82. The summed E-state index contributed by atoms with van der Waals surface area (Å²) < 4.78 is 13.4. The molecule has 3 nitrogen and oxygen atoms in total. The molecule has 0 N–H and O–H groups in total. The van der Waals surface area contributed by atoms with E-state index in [1.165, 1.54) is 11.8 Å². The first kappa shape index (κ1) is 13.5. The highest BCUT2D eigenvalue weighted by Crippen LogP contribution is 2.39. The second kappa shape index (κ2) is 5.85. The van der Waals surface area contributed by atoms with Crippen LogP contribution in [0.4, 0.5) is 4.39 Å². The number of aromatic nitrogens is 2. The zero-order valence-corrected chi connectivity index (χ0v) is 12.1. The molecule has 1 aliphatic carbocycles. The highest BCUT2D eigenvalue weighted by Gasteiger charge is 2.23. The summed E-state index contributed by atoms with van der Waals surface area (Å²) in [6, 6.07) is 9.99. The van der Waals surface area contributed by atoms with E-state index in [0.29, 0.717) is 10.8 Å². The van der Waals surface area contributed by atoms with Gasteiger partial charge in [-0.05, 0) is 28.9 Å². The number of hydrogen-bond donors (Lipinski definition) is 0. The van der Waals surface area contributed by atoms with Gasteiger partial charge in [-0.3, -0.25) is 4.79 Å². The van der Waals surface area contributed by atoms with Crippen molar-refractivity contribution in [3.05, 3.63) is 52.1 Å². The van der Waals surface area contributed by atoms with Gasteiger partial charge in [0.15, 0.2) is 10.1 Å². The van der Waals surface area contributed by atoms with E-state index >= 15 is 0 Å². The predicted octanol–water partition coefficient (Wildman–Crippen LogP) is 3.80. The molecule has 1 aromatic heterocycles. The predicted molar refractivity (Wildman–Crippen MR) is 77.2 cm³/mol. The molecule has 0 bridgehead atoms. The number of nitrogens with zero attached hydrogens (tertiary/aromatic N) is 2. The van der Waals surface area contributed by atoms with Crippen molar-refractivity contribution in [1.82, 2.24) is 10.2 Å². The summed E-state index contributed by atoms with van der Waals surface area (Å²) in [6.07, 6.45) is 2.95. The van der Waals surface area contributed by atoms with Crippen LogP contribution in [0.2, 0.25) is 0 Å². The van der Waals surface area contributed by atoms with Crippen molar-refractivity contribution in [3.63, 3.8) is 0 Å². The Balaban J connectivity index is 1.77. The quantitative estimate of drug-likeness (QED) is 0.865. The molecule has 2 aromatic rings. The van der Waals surface area contributed by atoms with Gasteiger partial charge in [0.25, 0.3) is 5.26 Å². The van der Waals surface area contributed by atoms with Crippen molar-refractivity contribution >= 4 is 28.9 Å². The van der Waals surface area contributed by atoms with Crippen molar-refractivity contribution < 1.29 is 9.18 Å². The molecule has 102 valence electrons. The van der Waals surface area contributed by atoms with Gasteiger partial charge in [0.05, 0.1) is 0 Å². The average molecular weight is 306 g/mol. The molecule has 0 amide bonds. The van der Waals surface area contributed by atoms with Crippen LogP contribution in [0.5, 0.6) is 0 Å². The first-order valence-electron chi connectivity index (χ1n) is 6.16. The van der Waals surface area contributed by atoms with E-state index in [2.05, 4.69) is 10.2 Å². The number of rotatable bonds is 3. The second-order valence-electron chi connectivity index (χ2n) is 4.52. The fraction of sp³-hybridized carbons (Fsp3) is 0.214. The molecule has 3 rings (SSSR count). The maximum absolute atomic E-state index is 12.8. The fourth-order valence-corrected chi connectivity index (χ4v) is 4.02. The van der Waals surface area contributed by atoms with Crippen LogP contribution >= 0.6 is 23.1 Å². The number of carbonyl (C=O) groups is 1. The summed E-state index contributed by atoms with van der Waals surface area (Å²) in [5.41, 5.74) is 1.16. The Morgan fingerprint density at radius 3 is 2.70 bits per heavy atom. The van der Waals surface area contributed by atoms with Gasteiger partial charge in [-0.1, -0.05) is 53.4 Å². The molecule has 0 spiro atoms. The summed E-state index contributed by atoms with van der Waals surface area (Å²) in [4.78, 5) is 12.8. The Kier molecular flexibility index (Phi) is 3.93. The van der Waals surface area contributed by atoms with Crippen LogP contribution in [-0.2, 0) is 4.79 Å². The zero-order chi connectivity index (χ0) is 13.9. The molecule has 0 saturated carbocycles. The van der Waals surface area contributed by atoms with Gasteiger partial charge in [0.2, 0.25) is 0 Å². The summed E-state index contributed by atoms with van der Waals surface area (Å²) in [6.45, 7) is 0. The Morgan fingerprint density at radius 2 is 2.00 bits per heavy atom. The van der Waals surface area contributed by atoms with Gasteiger partial charge >= 0.3 is 0 Å². The molecule has 0 fully saturated rings. The van der Waals surface area contributed by atoms with E-state index in [0.717, 1.165) is 28.2 Å². The van der Waals surface area contributed by atoms with Crippen LogP contribution in [0.3, 0.4) is 0 Å². The molecule has 6 heteroatoms. The molecule has 0 aliphatic heterocycles. The molecule has 0 radical (unpaired) electrons. The highest BCUT2D eigenvalue weighted by molar-refractivity contribution is 8.04. The monoisotopic (exact) mass is 306 g/mol. The van der Waals surface area contributed by atoms with Crippen molar-refractivity contribution in [2.75, 3.05) is 0 Å². The largest absolute Gasteiger partial charge is 0.295 e. The minimum Gasteiger partial charge on any atom is -0.295 e. The van der Waals surface area contributed by atoms with Gasteiger partial charge in [-0.15, -0.1) is 10.2 Å². The van der Waals surface area contributed by atoms with Crippen molar-refractivity contribution in [2.45, 2.75) is 23.1 Å². The van der Waals surface area contributed by atoms with E-state index in [-0.39, 0.29) is 11.7 Å². The average Bonchev–Trinajstić information content (AvgIpc) is 2.84. The molecular formula is C14H11FN2OS2. The van der Waals surface area contributed by atoms with Crippen LogP contribution in [0.15, 0.2) is 45.7 Å². The number of allylic oxidation sites excluding steroid dienone is 2. The van der Waals surface area contributed by atoms with Crippen molar-refractivity contribution in [1.29, 1.82) is 0 Å². The summed E-state index contributed by atoms with van der Waals surface area (Å²) in [5.74, 6) is 0.298. The van der Waals surface area contributed by atoms with Gasteiger partial charge in [0.1, 0.15) is 0 Å². The number of halogens is 1. The Bertz CT molecular complexity index is 654. The molecule has 1 heterocycles. The van der Waals surface area contributed by atoms with Gasteiger partial charge < -0.3 is 0 Å². The van der Waals surface area contributed by atoms with Crippen molar-refractivity contribution in [3.8, 4) is 0 Å². The van der Waals surface area contributed by atoms with Gasteiger partial charge in [-0.2, -0.15) is 4.39 Å².